The molecule has 1 heterocycles. The zero-order valence-electron chi connectivity index (χ0n) is 13.5. The summed E-state index contributed by atoms with van der Waals surface area (Å²) in [6.07, 6.45) is 1.98. The Bertz CT molecular complexity index is 949. The number of hydrogen-bond donors (Lipinski definition) is 3. The molecule has 0 saturated heterocycles. The van der Waals surface area contributed by atoms with Gasteiger partial charge in [-0.05, 0) is 29.5 Å². The van der Waals surface area contributed by atoms with Crippen molar-refractivity contribution in [1.82, 2.24) is 0 Å². The van der Waals surface area contributed by atoms with E-state index in [0.29, 0.717) is 0 Å². The molecule has 0 radical (unpaired) electrons. The van der Waals surface area contributed by atoms with Gasteiger partial charge in [-0.2, -0.15) is 0 Å². The Kier molecular flexibility index (Phi) is 3.27. The van der Waals surface area contributed by atoms with Crippen LogP contribution in [0.4, 0.5) is 11.4 Å². The Morgan fingerprint density at radius 2 is 1.67 bits per heavy atom. The number of benzene rings is 3. The monoisotopic (exact) mass is 321 g/mol. The molecule has 0 spiro atoms. The van der Waals surface area contributed by atoms with Crippen molar-refractivity contribution in [3.05, 3.63) is 42.5 Å². The van der Waals surface area contributed by atoms with Gasteiger partial charge in [0.2, 0.25) is 0 Å². The maximum Gasteiger partial charge on any atom is 0.159 e. The highest BCUT2D eigenvalue weighted by Crippen LogP contribution is 2.53. The maximum absolute atomic E-state index is 10.5. The van der Waals surface area contributed by atoms with E-state index in [0.717, 1.165) is 52.7 Å². The lowest BCUT2D eigenvalue weighted by atomic mass is 9.90. The largest absolute Gasteiger partial charge is 0.506 e. The number of aromatic hydroxyl groups is 3. The summed E-state index contributed by atoms with van der Waals surface area (Å²) in [5, 5.41) is 32.5. The second-order valence-corrected chi connectivity index (χ2v) is 6.20. The fraction of sp³-hybridized carbons (Fsp3) is 0.200. The second kappa shape index (κ2) is 5.34. The minimum absolute atomic E-state index is 0.134. The molecule has 0 aliphatic carbocycles. The summed E-state index contributed by atoms with van der Waals surface area (Å²) in [6, 6.07) is 12.8. The van der Waals surface area contributed by atoms with Crippen LogP contribution in [0.25, 0.3) is 21.9 Å². The number of nitrogens with zero attached hydrogens (tertiary/aromatic N) is 1. The Labute approximate surface area is 140 Å². The van der Waals surface area contributed by atoms with Crippen LogP contribution in [0.15, 0.2) is 42.5 Å². The summed E-state index contributed by atoms with van der Waals surface area (Å²) in [4.78, 5) is 2.04. The highest BCUT2D eigenvalue weighted by Gasteiger charge is 2.28. The predicted molar refractivity (Wildman–Crippen MR) is 96.3 cm³/mol. The molecular weight excluding hydrogens is 302 g/mol. The average molecular weight is 321 g/mol. The van der Waals surface area contributed by atoms with Crippen molar-refractivity contribution in [2.24, 2.45) is 0 Å². The van der Waals surface area contributed by atoms with Gasteiger partial charge in [0, 0.05) is 23.6 Å². The van der Waals surface area contributed by atoms with Crippen LogP contribution >= 0.6 is 0 Å². The van der Waals surface area contributed by atoms with E-state index in [2.05, 4.69) is 6.92 Å². The molecule has 4 nitrogen and oxygen atoms in total. The molecule has 4 heteroatoms. The summed E-state index contributed by atoms with van der Waals surface area (Å²) >= 11 is 0. The normalized spacial score (nSPS) is 12.5. The van der Waals surface area contributed by atoms with Crippen molar-refractivity contribution in [1.29, 1.82) is 0 Å². The molecular formula is C20H19NO3. The van der Waals surface area contributed by atoms with Gasteiger partial charge in [0.25, 0.3) is 0 Å². The Morgan fingerprint density at radius 1 is 0.875 bits per heavy atom. The Hall–Kier alpha value is -2.88. The van der Waals surface area contributed by atoms with E-state index < -0.39 is 0 Å². The van der Waals surface area contributed by atoms with Crippen molar-refractivity contribution in [2.45, 2.75) is 19.8 Å². The number of hydrogen-bond acceptors (Lipinski definition) is 4. The number of phenols is 3. The first-order valence-electron chi connectivity index (χ1n) is 8.20. The second-order valence-electron chi connectivity index (χ2n) is 6.20. The zero-order valence-corrected chi connectivity index (χ0v) is 13.5. The first-order chi connectivity index (χ1) is 11.6. The Balaban J connectivity index is 2.11. The summed E-state index contributed by atoms with van der Waals surface area (Å²) < 4.78 is 0. The van der Waals surface area contributed by atoms with E-state index in [4.69, 9.17) is 0 Å². The fourth-order valence-corrected chi connectivity index (χ4v) is 3.52. The molecule has 1 aliphatic rings. The molecule has 0 amide bonds. The quantitative estimate of drug-likeness (QED) is 0.602. The number of rotatable bonds is 3. The SMILES string of the molecule is CCCCN1c2cc(O)c(O)cc2-c2cccc3ccc(O)c1c23. The highest BCUT2D eigenvalue weighted by molar-refractivity contribution is 6.13. The van der Waals surface area contributed by atoms with Gasteiger partial charge in [0.15, 0.2) is 11.5 Å². The molecule has 24 heavy (non-hydrogen) atoms. The van der Waals surface area contributed by atoms with Gasteiger partial charge in [-0.1, -0.05) is 37.6 Å². The summed E-state index contributed by atoms with van der Waals surface area (Å²) in [6.45, 7) is 2.85. The van der Waals surface area contributed by atoms with Gasteiger partial charge < -0.3 is 20.2 Å². The Morgan fingerprint density at radius 3 is 2.46 bits per heavy atom. The molecule has 0 unspecified atom stereocenters. The molecule has 0 bridgehead atoms. The minimum Gasteiger partial charge on any atom is -0.506 e. The highest BCUT2D eigenvalue weighted by atomic mass is 16.3. The molecule has 0 saturated carbocycles. The molecule has 0 atom stereocenters. The maximum atomic E-state index is 10.5. The van der Waals surface area contributed by atoms with E-state index in [1.165, 1.54) is 0 Å². The molecule has 3 N–H and O–H groups in total. The predicted octanol–water partition coefficient (Wildman–Crippen LogP) is 4.88. The van der Waals surface area contributed by atoms with Crippen molar-refractivity contribution in [2.75, 3.05) is 11.4 Å². The molecule has 3 aromatic rings. The third kappa shape index (κ3) is 1.99. The van der Waals surface area contributed by atoms with Crippen LogP contribution in [0.1, 0.15) is 19.8 Å². The first kappa shape index (κ1) is 14.7. The summed E-state index contributed by atoms with van der Waals surface area (Å²) in [5.41, 5.74) is 3.40. The van der Waals surface area contributed by atoms with Crippen molar-refractivity contribution < 1.29 is 15.3 Å². The van der Waals surface area contributed by atoms with E-state index in [1.807, 2.05) is 29.2 Å². The van der Waals surface area contributed by atoms with Crippen LogP contribution in [0.3, 0.4) is 0 Å². The van der Waals surface area contributed by atoms with Gasteiger partial charge in [-0.25, -0.2) is 0 Å². The first-order valence-corrected chi connectivity index (χ1v) is 8.20. The van der Waals surface area contributed by atoms with Gasteiger partial charge in [-0.15, -0.1) is 0 Å². The summed E-state index contributed by atoms with van der Waals surface area (Å²) in [5.74, 6) is -0.0599. The molecule has 0 fully saturated rings. The van der Waals surface area contributed by atoms with Crippen LogP contribution in [-0.4, -0.2) is 21.9 Å². The molecule has 0 aromatic heterocycles. The topological polar surface area (TPSA) is 63.9 Å². The summed E-state index contributed by atoms with van der Waals surface area (Å²) in [7, 11) is 0. The molecule has 1 aliphatic heterocycles. The van der Waals surface area contributed by atoms with Crippen LogP contribution in [0, 0.1) is 0 Å². The smallest absolute Gasteiger partial charge is 0.159 e. The van der Waals surface area contributed by atoms with E-state index >= 15 is 0 Å². The third-order valence-electron chi connectivity index (χ3n) is 4.68. The fourth-order valence-electron chi connectivity index (χ4n) is 3.52. The lowest BCUT2D eigenvalue weighted by Crippen LogP contribution is -2.22. The van der Waals surface area contributed by atoms with Crippen LogP contribution < -0.4 is 4.90 Å². The van der Waals surface area contributed by atoms with Crippen LogP contribution in [0.5, 0.6) is 17.2 Å². The zero-order chi connectivity index (χ0) is 16.8. The van der Waals surface area contributed by atoms with Crippen LogP contribution in [0.2, 0.25) is 0 Å². The average Bonchev–Trinajstić information content (AvgIpc) is 2.58. The molecule has 122 valence electrons. The van der Waals surface area contributed by atoms with Crippen molar-refractivity contribution in [3.8, 4) is 28.4 Å². The standard InChI is InChI=1S/C20H19NO3/c1-2-3-9-21-15-11-18(24)17(23)10-14(15)13-6-4-5-12-7-8-16(22)20(21)19(12)13/h4-8,10-11,22-24H,2-3,9H2,1H3. The number of anilines is 2. The van der Waals surface area contributed by atoms with Gasteiger partial charge >= 0.3 is 0 Å². The van der Waals surface area contributed by atoms with Gasteiger partial charge in [0.1, 0.15) is 5.75 Å². The third-order valence-corrected chi connectivity index (χ3v) is 4.68. The lowest BCUT2D eigenvalue weighted by Gasteiger charge is -2.34. The minimum atomic E-state index is -0.152. The number of fused-ring (bicyclic) bond motifs is 2. The van der Waals surface area contributed by atoms with Crippen molar-refractivity contribution >= 4 is 22.1 Å². The van der Waals surface area contributed by atoms with E-state index in [-0.39, 0.29) is 17.2 Å². The van der Waals surface area contributed by atoms with E-state index in [1.54, 1.807) is 18.2 Å². The molecule has 4 rings (SSSR count). The number of phenolic OH excluding ortho intramolecular Hbond substituents is 3. The van der Waals surface area contributed by atoms with Gasteiger partial charge in [0.05, 0.1) is 11.4 Å². The number of unbranched alkanes of at least 4 members (excludes halogenated alkanes) is 1. The van der Waals surface area contributed by atoms with Crippen molar-refractivity contribution in [3.63, 3.8) is 0 Å². The van der Waals surface area contributed by atoms with E-state index in [9.17, 15) is 15.3 Å². The lowest BCUT2D eigenvalue weighted by molar-refractivity contribution is 0.404. The van der Waals surface area contributed by atoms with Crippen LogP contribution in [-0.2, 0) is 0 Å². The molecule has 3 aromatic carbocycles. The van der Waals surface area contributed by atoms with Gasteiger partial charge in [-0.3, -0.25) is 0 Å².